The molecule has 10 aromatic carbocycles. The van der Waals surface area contributed by atoms with Crippen molar-refractivity contribution < 1.29 is 4.42 Å². The Morgan fingerprint density at radius 1 is 0.276 bits per heavy atom. The summed E-state index contributed by atoms with van der Waals surface area (Å²) in [5.41, 5.74) is 14.3. The van der Waals surface area contributed by atoms with Crippen molar-refractivity contribution in [3.05, 3.63) is 212 Å². The lowest BCUT2D eigenvalue weighted by Gasteiger charge is -2.15. The fourth-order valence-corrected chi connectivity index (χ4v) is 9.24. The van der Waals surface area contributed by atoms with E-state index in [0.717, 1.165) is 60.8 Å². The maximum atomic E-state index is 7.19. The Hall–Kier alpha value is -7.68. The third kappa shape index (κ3) is 5.05. The average Bonchev–Trinajstić information content (AvgIpc) is 3.84. The van der Waals surface area contributed by atoms with E-state index in [0.29, 0.717) is 0 Å². The van der Waals surface area contributed by atoms with Crippen LogP contribution in [0.1, 0.15) is 0 Å². The van der Waals surface area contributed by atoms with Crippen molar-refractivity contribution >= 4 is 65.3 Å². The quantitative estimate of drug-likeness (QED) is 0.161. The predicted molar refractivity (Wildman–Crippen MR) is 245 cm³/mol. The van der Waals surface area contributed by atoms with Gasteiger partial charge in [-0.3, -0.25) is 0 Å². The Morgan fingerprint density at radius 2 is 0.776 bits per heavy atom. The van der Waals surface area contributed by atoms with Gasteiger partial charge in [0.05, 0.1) is 16.7 Å². The molecule has 0 aliphatic rings. The van der Waals surface area contributed by atoms with Crippen molar-refractivity contribution in [2.75, 3.05) is 0 Å². The molecule has 0 amide bonds. The largest absolute Gasteiger partial charge is 0.455 e. The number of benzene rings is 10. The van der Waals surface area contributed by atoms with Gasteiger partial charge in [0.2, 0.25) is 0 Å². The van der Waals surface area contributed by atoms with Gasteiger partial charge in [0.1, 0.15) is 11.2 Å². The van der Waals surface area contributed by atoms with E-state index in [1.54, 1.807) is 0 Å². The maximum absolute atomic E-state index is 7.19. The van der Waals surface area contributed by atoms with Gasteiger partial charge in [-0.05, 0) is 92.0 Å². The van der Waals surface area contributed by atoms with Gasteiger partial charge in [0, 0.05) is 38.1 Å². The molecule has 2 heteroatoms. The zero-order chi connectivity index (χ0) is 38.2. The zero-order valence-electron chi connectivity index (χ0n) is 31.6. The first-order valence-electron chi connectivity index (χ1n) is 19.9. The summed E-state index contributed by atoms with van der Waals surface area (Å²) in [6.07, 6.45) is 0. The number of hydrogen-bond acceptors (Lipinski definition) is 1. The molecule has 0 atom stereocenters. The minimum Gasteiger partial charge on any atom is -0.455 e. The number of nitrogens with zero attached hydrogens (tertiary/aromatic N) is 1. The van der Waals surface area contributed by atoms with E-state index >= 15 is 0 Å². The monoisotopic (exact) mass is 737 g/mol. The van der Waals surface area contributed by atoms with Crippen LogP contribution >= 0.6 is 0 Å². The van der Waals surface area contributed by atoms with Crippen molar-refractivity contribution in [1.29, 1.82) is 0 Å². The van der Waals surface area contributed by atoms with Crippen LogP contribution in [0.4, 0.5) is 0 Å². The van der Waals surface area contributed by atoms with Gasteiger partial charge in [-0.25, -0.2) is 0 Å². The molecule has 0 N–H and O–H groups in total. The highest BCUT2D eigenvalue weighted by atomic mass is 16.3. The molecule has 0 aliphatic heterocycles. The van der Waals surface area contributed by atoms with E-state index < -0.39 is 0 Å². The molecular formula is C56H35NO. The molecule has 12 rings (SSSR count). The summed E-state index contributed by atoms with van der Waals surface area (Å²) in [6.45, 7) is 0. The summed E-state index contributed by atoms with van der Waals surface area (Å²) in [6, 6.07) is 76.9. The van der Waals surface area contributed by atoms with Crippen LogP contribution in [0.25, 0.3) is 115 Å². The standard InChI is InChI=1S/C56H35NO/c1-4-16-36(17-5-1)41-30-48(38-20-8-3-9-21-38)55-50(32-41)51-33-42(37-18-6-2-7-19-37)31-49(56(51)58-55)40-28-29-47-46-26-14-15-27-52(46)57(54(47)35-40)53-34-39-22-10-11-23-43(39)44-24-12-13-25-45(44)53/h1-35H. The first kappa shape index (κ1) is 32.6. The Labute approximate surface area is 335 Å². The van der Waals surface area contributed by atoms with Gasteiger partial charge < -0.3 is 8.98 Å². The van der Waals surface area contributed by atoms with Gasteiger partial charge in [0.15, 0.2) is 0 Å². The number of hydrogen-bond donors (Lipinski definition) is 0. The molecule has 2 aromatic heterocycles. The van der Waals surface area contributed by atoms with Gasteiger partial charge in [-0.15, -0.1) is 0 Å². The van der Waals surface area contributed by atoms with E-state index in [-0.39, 0.29) is 0 Å². The van der Waals surface area contributed by atoms with Gasteiger partial charge >= 0.3 is 0 Å². The van der Waals surface area contributed by atoms with Crippen LogP contribution in [0.15, 0.2) is 217 Å². The summed E-state index contributed by atoms with van der Waals surface area (Å²) in [5, 5.41) is 9.61. The molecule has 0 radical (unpaired) electrons. The summed E-state index contributed by atoms with van der Waals surface area (Å²) >= 11 is 0. The van der Waals surface area contributed by atoms with Crippen LogP contribution in [-0.4, -0.2) is 4.57 Å². The molecular weight excluding hydrogens is 703 g/mol. The number of aromatic nitrogens is 1. The molecule has 2 nitrogen and oxygen atoms in total. The molecule has 0 spiro atoms. The summed E-state index contributed by atoms with van der Waals surface area (Å²) in [4.78, 5) is 0. The molecule has 0 aliphatic carbocycles. The van der Waals surface area contributed by atoms with Crippen LogP contribution in [0.2, 0.25) is 0 Å². The second-order valence-electron chi connectivity index (χ2n) is 15.2. The lowest BCUT2D eigenvalue weighted by atomic mass is 9.93. The number of rotatable bonds is 5. The fraction of sp³-hybridized carbons (Fsp3) is 0. The van der Waals surface area contributed by atoms with E-state index in [1.165, 1.54) is 54.6 Å². The Morgan fingerprint density at radius 3 is 1.43 bits per heavy atom. The first-order chi connectivity index (χ1) is 28.8. The van der Waals surface area contributed by atoms with Crippen LogP contribution in [0, 0.1) is 0 Å². The number of furan rings is 1. The summed E-state index contributed by atoms with van der Waals surface area (Å²) in [7, 11) is 0. The highest BCUT2D eigenvalue weighted by Crippen LogP contribution is 2.46. The second kappa shape index (κ2) is 12.9. The lowest BCUT2D eigenvalue weighted by molar-refractivity contribution is 0.671. The van der Waals surface area contributed by atoms with Crippen molar-refractivity contribution in [2.45, 2.75) is 0 Å². The van der Waals surface area contributed by atoms with Crippen molar-refractivity contribution in [3.63, 3.8) is 0 Å². The minimum absolute atomic E-state index is 0.884. The molecule has 0 bridgehead atoms. The molecule has 0 fully saturated rings. The molecule has 2 heterocycles. The van der Waals surface area contributed by atoms with Crippen LogP contribution in [-0.2, 0) is 0 Å². The summed E-state index contributed by atoms with van der Waals surface area (Å²) in [5.74, 6) is 0. The van der Waals surface area contributed by atoms with E-state index in [4.69, 9.17) is 4.42 Å². The van der Waals surface area contributed by atoms with Crippen LogP contribution in [0.3, 0.4) is 0 Å². The number of fused-ring (bicyclic) bond motifs is 9. The van der Waals surface area contributed by atoms with Gasteiger partial charge in [0.25, 0.3) is 0 Å². The smallest absolute Gasteiger partial charge is 0.143 e. The Kier molecular flexibility index (Phi) is 7.26. The van der Waals surface area contributed by atoms with E-state index in [1.807, 2.05) is 0 Å². The summed E-state index contributed by atoms with van der Waals surface area (Å²) < 4.78 is 9.66. The van der Waals surface area contributed by atoms with E-state index in [2.05, 4.69) is 217 Å². The third-order valence-corrected chi connectivity index (χ3v) is 11.9. The lowest BCUT2D eigenvalue weighted by Crippen LogP contribution is -1.96. The second-order valence-corrected chi connectivity index (χ2v) is 15.2. The van der Waals surface area contributed by atoms with Crippen LogP contribution < -0.4 is 0 Å². The topological polar surface area (TPSA) is 18.1 Å². The molecule has 58 heavy (non-hydrogen) atoms. The average molecular weight is 738 g/mol. The number of para-hydroxylation sites is 1. The Bertz CT molecular complexity index is 3540. The molecule has 12 aromatic rings. The van der Waals surface area contributed by atoms with E-state index in [9.17, 15) is 0 Å². The first-order valence-corrected chi connectivity index (χ1v) is 19.9. The SMILES string of the molecule is c1ccc(-c2cc(-c3ccccc3)c3oc4c(-c5ccc6c7ccccc7n(-c7cc8ccccc8c8ccccc78)c6c5)cc(-c5ccccc5)cc4c3c2)cc1. The highest BCUT2D eigenvalue weighted by molar-refractivity contribution is 6.18. The zero-order valence-corrected chi connectivity index (χ0v) is 31.6. The molecule has 0 unspecified atom stereocenters. The highest BCUT2D eigenvalue weighted by Gasteiger charge is 2.22. The minimum atomic E-state index is 0.884. The van der Waals surface area contributed by atoms with Crippen molar-refractivity contribution in [3.8, 4) is 50.2 Å². The normalized spacial score (nSPS) is 11.8. The van der Waals surface area contributed by atoms with Crippen LogP contribution in [0.5, 0.6) is 0 Å². The molecule has 0 saturated carbocycles. The predicted octanol–water partition coefficient (Wildman–Crippen LogP) is 15.7. The maximum Gasteiger partial charge on any atom is 0.143 e. The van der Waals surface area contributed by atoms with Gasteiger partial charge in [-0.2, -0.15) is 0 Å². The molecule has 0 saturated heterocycles. The third-order valence-electron chi connectivity index (χ3n) is 11.9. The van der Waals surface area contributed by atoms with Crippen molar-refractivity contribution in [1.82, 2.24) is 4.57 Å². The fourth-order valence-electron chi connectivity index (χ4n) is 9.24. The van der Waals surface area contributed by atoms with Gasteiger partial charge in [-0.1, -0.05) is 170 Å². The Balaban J connectivity index is 1.18. The van der Waals surface area contributed by atoms with Crippen molar-refractivity contribution in [2.24, 2.45) is 0 Å². The molecule has 270 valence electrons.